The molecule has 0 bridgehead atoms. The van der Waals surface area contributed by atoms with Gasteiger partial charge in [-0.25, -0.2) is 0 Å². The van der Waals surface area contributed by atoms with E-state index in [4.69, 9.17) is 0 Å². The molecular weight excluding hydrogens is 276 g/mol. The lowest BCUT2D eigenvalue weighted by Gasteiger charge is -2.02. The van der Waals surface area contributed by atoms with Gasteiger partial charge in [0.15, 0.2) is 0 Å². The topological polar surface area (TPSA) is 41.1 Å². The predicted octanol–water partition coefficient (Wildman–Crippen LogP) is 2.16. The minimum absolute atomic E-state index is 0.0184. The Kier molecular flexibility index (Phi) is 5.28. The molecule has 0 spiro atoms. The van der Waals surface area contributed by atoms with Gasteiger partial charge in [-0.05, 0) is 54.5 Å². The molecule has 5 heteroatoms. The Hall–Kier alpha value is -0.390. The summed E-state index contributed by atoms with van der Waals surface area (Å²) in [5.74, 6) is 0.0184. The fraction of sp³-hybridized carbons (Fsp3) is 0.500. The summed E-state index contributed by atoms with van der Waals surface area (Å²) in [4.78, 5) is 12.4. The summed E-state index contributed by atoms with van der Waals surface area (Å²) >= 11 is 4.88. The van der Waals surface area contributed by atoms with Crippen LogP contribution >= 0.6 is 27.3 Å². The maximum absolute atomic E-state index is 11.6. The van der Waals surface area contributed by atoms with Crippen molar-refractivity contribution >= 4 is 33.2 Å². The highest BCUT2D eigenvalue weighted by Gasteiger charge is 2.09. The van der Waals surface area contributed by atoms with Gasteiger partial charge in [0.2, 0.25) is 0 Å². The van der Waals surface area contributed by atoms with Crippen molar-refractivity contribution < 1.29 is 4.79 Å². The van der Waals surface area contributed by atoms with Crippen LogP contribution in [0.25, 0.3) is 0 Å². The van der Waals surface area contributed by atoms with Gasteiger partial charge in [0.05, 0.1) is 8.66 Å². The molecule has 0 saturated heterocycles. The molecule has 1 heterocycles. The van der Waals surface area contributed by atoms with E-state index in [2.05, 4.69) is 26.6 Å². The zero-order chi connectivity index (χ0) is 11.3. The Morgan fingerprint density at radius 2 is 2.27 bits per heavy atom. The van der Waals surface area contributed by atoms with Crippen molar-refractivity contribution in [3.05, 3.63) is 20.3 Å². The SMILES string of the molecule is CNCCCNC(=O)c1cc(C)c(Br)s1. The molecule has 15 heavy (non-hydrogen) atoms. The van der Waals surface area contributed by atoms with Crippen molar-refractivity contribution in [3.63, 3.8) is 0 Å². The molecule has 2 N–H and O–H groups in total. The number of carbonyl (C=O) groups excluding carboxylic acids is 1. The van der Waals surface area contributed by atoms with E-state index >= 15 is 0 Å². The van der Waals surface area contributed by atoms with Crippen LogP contribution in [-0.2, 0) is 0 Å². The van der Waals surface area contributed by atoms with E-state index in [0.29, 0.717) is 6.54 Å². The first-order valence-electron chi connectivity index (χ1n) is 4.84. The van der Waals surface area contributed by atoms with Gasteiger partial charge in [0, 0.05) is 6.54 Å². The van der Waals surface area contributed by atoms with Crippen molar-refractivity contribution in [2.45, 2.75) is 13.3 Å². The molecule has 0 unspecified atom stereocenters. The van der Waals surface area contributed by atoms with Gasteiger partial charge in [-0.15, -0.1) is 11.3 Å². The highest BCUT2D eigenvalue weighted by Crippen LogP contribution is 2.27. The number of rotatable bonds is 5. The fourth-order valence-corrected chi connectivity index (χ4v) is 2.58. The van der Waals surface area contributed by atoms with Crippen LogP contribution in [0.2, 0.25) is 0 Å². The number of amides is 1. The second-order valence-electron chi connectivity index (χ2n) is 3.28. The summed E-state index contributed by atoms with van der Waals surface area (Å²) in [6, 6.07) is 1.90. The average molecular weight is 291 g/mol. The first kappa shape index (κ1) is 12.7. The second-order valence-corrected chi connectivity index (χ2v) is 5.65. The van der Waals surface area contributed by atoms with Crippen LogP contribution in [0.5, 0.6) is 0 Å². The van der Waals surface area contributed by atoms with Crippen LogP contribution < -0.4 is 10.6 Å². The van der Waals surface area contributed by atoms with Crippen molar-refractivity contribution in [1.82, 2.24) is 10.6 Å². The van der Waals surface area contributed by atoms with Gasteiger partial charge in [-0.1, -0.05) is 0 Å². The minimum atomic E-state index is 0.0184. The molecule has 84 valence electrons. The number of aryl methyl sites for hydroxylation is 1. The first-order chi connectivity index (χ1) is 7.15. The van der Waals surface area contributed by atoms with Gasteiger partial charge in [-0.2, -0.15) is 0 Å². The van der Waals surface area contributed by atoms with Crippen molar-refractivity contribution in [3.8, 4) is 0 Å². The number of carbonyl (C=O) groups is 1. The number of hydrogen-bond acceptors (Lipinski definition) is 3. The van der Waals surface area contributed by atoms with Gasteiger partial charge in [-0.3, -0.25) is 4.79 Å². The normalized spacial score (nSPS) is 10.3. The standard InChI is InChI=1S/C10H15BrN2OS/c1-7-6-8(15-9(7)11)10(14)13-5-3-4-12-2/h6,12H,3-5H2,1-2H3,(H,13,14). The third kappa shape index (κ3) is 3.93. The van der Waals surface area contributed by atoms with E-state index in [1.54, 1.807) is 0 Å². The lowest BCUT2D eigenvalue weighted by molar-refractivity contribution is 0.0957. The summed E-state index contributed by atoms with van der Waals surface area (Å²) in [7, 11) is 1.90. The zero-order valence-electron chi connectivity index (χ0n) is 8.89. The summed E-state index contributed by atoms with van der Waals surface area (Å²) < 4.78 is 1.03. The van der Waals surface area contributed by atoms with Crippen LogP contribution in [0, 0.1) is 6.92 Å². The second kappa shape index (κ2) is 6.25. The molecule has 0 aliphatic heterocycles. The van der Waals surface area contributed by atoms with Crippen molar-refractivity contribution in [2.24, 2.45) is 0 Å². The maximum atomic E-state index is 11.6. The van der Waals surface area contributed by atoms with Gasteiger partial charge in [0.25, 0.3) is 5.91 Å². The number of hydrogen-bond donors (Lipinski definition) is 2. The summed E-state index contributed by atoms with van der Waals surface area (Å²) in [6.45, 7) is 3.63. The van der Waals surface area contributed by atoms with Crippen LogP contribution in [-0.4, -0.2) is 26.0 Å². The smallest absolute Gasteiger partial charge is 0.261 e. The van der Waals surface area contributed by atoms with E-state index in [9.17, 15) is 4.79 Å². The van der Waals surface area contributed by atoms with Crippen LogP contribution in [0.3, 0.4) is 0 Å². The molecule has 0 atom stereocenters. The molecule has 0 fully saturated rings. The predicted molar refractivity (Wildman–Crippen MR) is 67.6 cm³/mol. The molecule has 0 aliphatic rings. The van der Waals surface area contributed by atoms with Crippen molar-refractivity contribution in [1.29, 1.82) is 0 Å². The van der Waals surface area contributed by atoms with Gasteiger partial charge in [0.1, 0.15) is 0 Å². The van der Waals surface area contributed by atoms with E-state index < -0.39 is 0 Å². The summed E-state index contributed by atoms with van der Waals surface area (Å²) in [5.41, 5.74) is 1.11. The molecule has 1 aromatic heterocycles. The fourth-order valence-electron chi connectivity index (χ4n) is 1.13. The number of halogens is 1. The van der Waals surface area contributed by atoms with E-state index in [1.165, 1.54) is 11.3 Å². The maximum Gasteiger partial charge on any atom is 0.261 e. The van der Waals surface area contributed by atoms with Crippen molar-refractivity contribution in [2.75, 3.05) is 20.1 Å². The van der Waals surface area contributed by atoms with Gasteiger partial charge < -0.3 is 10.6 Å². The Labute approximate surface area is 102 Å². The summed E-state index contributed by atoms with van der Waals surface area (Å²) in [5, 5.41) is 5.92. The Bertz CT molecular complexity index is 319. The van der Waals surface area contributed by atoms with E-state index in [1.807, 2.05) is 20.0 Å². The highest BCUT2D eigenvalue weighted by molar-refractivity contribution is 9.11. The Morgan fingerprint density at radius 1 is 1.53 bits per heavy atom. The molecular formula is C10H15BrN2OS. The zero-order valence-corrected chi connectivity index (χ0v) is 11.3. The Morgan fingerprint density at radius 3 is 2.80 bits per heavy atom. The summed E-state index contributed by atoms with van der Waals surface area (Å²) in [6.07, 6.45) is 0.952. The molecule has 1 rings (SSSR count). The number of thiophene rings is 1. The molecule has 0 saturated carbocycles. The van der Waals surface area contributed by atoms with Crippen LogP contribution in [0.15, 0.2) is 9.85 Å². The molecule has 1 amide bonds. The quantitative estimate of drug-likeness (QED) is 0.816. The Balaban J connectivity index is 2.40. The average Bonchev–Trinajstić information content (AvgIpc) is 2.54. The highest BCUT2D eigenvalue weighted by atomic mass is 79.9. The third-order valence-electron chi connectivity index (χ3n) is 1.97. The lowest BCUT2D eigenvalue weighted by Crippen LogP contribution is -2.25. The van der Waals surface area contributed by atoms with E-state index in [0.717, 1.165) is 27.2 Å². The van der Waals surface area contributed by atoms with Crippen LogP contribution in [0.4, 0.5) is 0 Å². The first-order valence-corrected chi connectivity index (χ1v) is 6.45. The van der Waals surface area contributed by atoms with Gasteiger partial charge >= 0.3 is 0 Å². The molecule has 3 nitrogen and oxygen atoms in total. The lowest BCUT2D eigenvalue weighted by atomic mass is 10.3. The minimum Gasteiger partial charge on any atom is -0.351 e. The molecule has 1 aromatic rings. The van der Waals surface area contributed by atoms with Crippen LogP contribution in [0.1, 0.15) is 21.7 Å². The molecule has 0 aromatic carbocycles. The third-order valence-corrected chi connectivity index (χ3v) is 4.11. The molecule has 0 aliphatic carbocycles. The molecule has 0 radical (unpaired) electrons. The van der Waals surface area contributed by atoms with E-state index in [-0.39, 0.29) is 5.91 Å². The number of nitrogens with one attached hydrogen (secondary N) is 2. The monoisotopic (exact) mass is 290 g/mol. The largest absolute Gasteiger partial charge is 0.351 e.